The normalized spacial score (nSPS) is 15.1. The molecule has 3 nitrogen and oxygen atoms in total. The number of aromatic hydroxyl groups is 1. The zero-order chi connectivity index (χ0) is 11.7. The predicted molar refractivity (Wildman–Crippen MR) is 61.2 cm³/mol. The molecule has 0 saturated heterocycles. The average molecular weight is 230 g/mol. The van der Waals surface area contributed by atoms with E-state index in [1.165, 1.54) is 0 Å². The molecule has 0 saturated carbocycles. The molecule has 4 N–H and O–H groups in total. The number of aryl methyl sites for hydroxylation is 1. The number of aliphatic hydroxyl groups is 1. The Hall–Kier alpha value is -0.770. The number of rotatable bonds is 2. The smallest absolute Gasteiger partial charge is 0.124 e. The van der Waals surface area contributed by atoms with Crippen molar-refractivity contribution >= 4 is 11.6 Å². The number of halogens is 1. The molecule has 1 aromatic rings. The maximum absolute atomic E-state index is 9.86. The van der Waals surface area contributed by atoms with Crippen molar-refractivity contribution in [2.45, 2.75) is 32.9 Å². The van der Waals surface area contributed by atoms with E-state index in [-0.39, 0.29) is 5.75 Å². The maximum Gasteiger partial charge on any atom is 0.124 e. The Bertz CT molecular complexity index is 351. The Labute approximate surface area is 94.5 Å². The van der Waals surface area contributed by atoms with Crippen molar-refractivity contribution in [1.29, 1.82) is 0 Å². The zero-order valence-electron chi connectivity index (χ0n) is 9.08. The van der Waals surface area contributed by atoms with Gasteiger partial charge in [0, 0.05) is 16.6 Å². The van der Waals surface area contributed by atoms with Gasteiger partial charge in [0.05, 0.1) is 6.10 Å². The number of aliphatic hydroxyl groups excluding tert-OH is 1. The molecule has 0 aliphatic carbocycles. The van der Waals surface area contributed by atoms with Gasteiger partial charge in [0.25, 0.3) is 0 Å². The number of phenolic OH excluding ortho intramolecular Hbond substituents is 1. The monoisotopic (exact) mass is 229 g/mol. The lowest BCUT2D eigenvalue weighted by Gasteiger charge is -2.20. The Balaban J connectivity index is 3.39. The second kappa shape index (κ2) is 4.39. The number of phenols is 1. The van der Waals surface area contributed by atoms with Crippen LogP contribution in [0.2, 0.25) is 5.02 Å². The van der Waals surface area contributed by atoms with Gasteiger partial charge in [-0.3, -0.25) is 0 Å². The number of nitrogens with two attached hydrogens (primary N) is 1. The van der Waals surface area contributed by atoms with Crippen molar-refractivity contribution in [2.24, 2.45) is 5.73 Å². The van der Waals surface area contributed by atoms with E-state index >= 15 is 0 Å². The van der Waals surface area contributed by atoms with Crippen LogP contribution in [0.25, 0.3) is 0 Å². The van der Waals surface area contributed by atoms with Crippen LogP contribution in [-0.4, -0.2) is 16.3 Å². The lowest BCUT2D eigenvalue weighted by molar-refractivity contribution is 0.149. The van der Waals surface area contributed by atoms with Crippen LogP contribution < -0.4 is 5.73 Å². The van der Waals surface area contributed by atoms with E-state index in [9.17, 15) is 10.2 Å². The van der Waals surface area contributed by atoms with E-state index in [1.807, 2.05) is 0 Å². The number of benzene rings is 1. The lowest BCUT2D eigenvalue weighted by atomic mass is 9.95. The molecule has 0 aromatic heterocycles. The van der Waals surface area contributed by atoms with Crippen LogP contribution in [0.1, 0.15) is 29.7 Å². The van der Waals surface area contributed by atoms with Crippen LogP contribution in [0.15, 0.2) is 6.07 Å². The highest BCUT2D eigenvalue weighted by molar-refractivity contribution is 6.31. The van der Waals surface area contributed by atoms with Gasteiger partial charge in [-0.25, -0.2) is 0 Å². The van der Waals surface area contributed by atoms with Gasteiger partial charge in [0.2, 0.25) is 0 Å². The van der Waals surface area contributed by atoms with Crippen molar-refractivity contribution in [3.05, 3.63) is 27.8 Å². The van der Waals surface area contributed by atoms with Crippen LogP contribution in [0, 0.1) is 13.8 Å². The van der Waals surface area contributed by atoms with Gasteiger partial charge in [0.1, 0.15) is 5.75 Å². The third-order valence-corrected chi connectivity index (χ3v) is 2.92. The Morgan fingerprint density at radius 3 is 2.40 bits per heavy atom. The van der Waals surface area contributed by atoms with Crippen LogP contribution in [0.4, 0.5) is 0 Å². The van der Waals surface area contributed by atoms with E-state index in [4.69, 9.17) is 17.3 Å². The highest BCUT2D eigenvalue weighted by atomic mass is 35.5. The molecule has 15 heavy (non-hydrogen) atoms. The van der Waals surface area contributed by atoms with Gasteiger partial charge in [0.15, 0.2) is 0 Å². The first-order valence-corrected chi connectivity index (χ1v) is 5.16. The van der Waals surface area contributed by atoms with Gasteiger partial charge in [-0.05, 0) is 38.0 Å². The van der Waals surface area contributed by atoms with Crippen LogP contribution in [0.5, 0.6) is 5.75 Å². The van der Waals surface area contributed by atoms with Gasteiger partial charge in [-0.1, -0.05) is 11.6 Å². The topological polar surface area (TPSA) is 66.5 Å². The molecule has 0 aliphatic rings. The molecule has 2 atom stereocenters. The summed E-state index contributed by atoms with van der Waals surface area (Å²) in [6.45, 7) is 5.17. The highest BCUT2D eigenvalue weighted by Gasteiger charge is 2.21. The molecule has 0 fully saturated rings. The minimum Gasteiger partial charge on any atom is -0.507 e. The fourth-order valence-corrected chi connectivity index (χ4v) is 1.78. The molecule has 4 heteroatoms. The van der Waals surface area contributed by atoms with Crippen molar-refractivity contribution in [1.82, 2.24) is 0 Å². The molecule has 2 unspecified atom stereocenters. The summed E-state index contributed by atoms with van der Waals surface area (Å²) in [6.07, 6.45) is -0.901. The van der Waals surface area contributed by atoms with Crippen molar-refractivity contribution in [3.63, 3.8) is 0 Å². The summed E-state index contributed by atoms with van der Waals surface area (Å²) < 4.78 is 0. The Morgan fingerprint density at radius 1 is 1.40 bits per heavy atom. The predicted octanol–water partition coefficient (Wildman–Crippen LogP) is 2.04. The fourth-order valence-electron chi connectivity index (χ4n) is 1.51. The van der Waals surface area contributed by atoms with Gasteiger partial charge in [-0.2, -0.15) is 0 Å². The third-order valence-electron chi connectivity index (χ3n) is 2.53. The zero-order valence-corrected chi connectivity index (χ0v) is 9.84. The molecule has 0 spiro atoms. The average Bonchev–Trinajstić information content (AvgIpc) is 2.15. The summed E-state index contributed by atoms with van der Waals surface area (Å²) in [5.74, 6) is 0.0710. The molecule has 1 rings (SSSR count). The van der Waals surface area contributed by atoms with E-state index in [0.29, 0.717) is 21.7 Å². The SMILES string of the molecule is Cc1cc(Cl)c(C)c(C(O)C(C)N)c1O. The van der Waals surface area contributed by atoms with Crippen LogP contribution in [-0.2, 0) is 0 Å². The first kappa shape index (κ1) is 12.3. The minimum absolute atomic E-state index is 0.0710. The minimum atomic E-state index is -0.901. The second-order valence-corrected chi connectivity index (χ2v) is 4.27. The molecular formula is C11H16ClNO2. The van der Waals surface area contributed by atoms with Gasteiger partial charge >= 0.3 is 0 Å². The standard InChI is InChI=1S/C11H16ClNO2/c1-5-4-8(12)6(2)9(10(5)14)11(15)7(3)13/h4,7,11,14-15H,13H2,1-3H3. The van der Waals surface area contributed by atoms with E-state index in [1.54, 1.807) is 26.8 Å². The number of hydrogen-bond donors (Lipinski definition) is 3. The molecule has 0 aliphatic heterocycles. The fraction of sp³-hybridized carbons (Fsp3) is 0.455. The van der Waals surface area contributed by atoms with Crippen molar-refractivity contribution in [3.8, 4) is 5.75 Å². The van der Waals surface area contributed by atoms with Gasteiger partial charge in [-0.15, -0.1) is 0 Å². The summed E-state index contributed by atoms with van der Waals surface area (Å²) in [4.78, 5) is 0. The quantitative estimate of drug-likeness (QED) is 0.727. The maximum atomic E-state index is 9.86. The summed E-state index contributed by atoms with van der Waals surface area (Å²) >= 11 is 5.98. The molecule has 0 heterocycles. The van der Waals surface area contributed by atoms with Crippen LogP contribution in [0.3, 0.4) is 0 Å². The molecule has 84 valence electrons. The molecule has 0 radical (unpaired) electrons. The van der Waals surface area contributed by atoms with E-state index in [2.05, 4.69) is 0 Å². The molecular weight excluding hydrogens is 214 g/mol. The third kappa shape index (κ3) is 2.25. The van der Waals surface area contributed by atoms with Gasteiger partial charge < -0.3 is 15.9 Å². The van der Waals surface area contributed by atoms with Crippen molar-refractivity contribution in [2.75, 3.05) is 0 Å². The highest BCUT2D eigenvalue weighted by Crippen LogP contribution is 2.36. The largest absolute Gasteiger partial charge is 0.507 e. The summed E-state index contributed by atoms with van der Waals surface area (Å²) in [6, 6.07) is 1.22. The molecule has 1 aromatic carbocycles. The summed E-state index contributed by atoms with van der Waals surface area (Å²) in [7, 11) is 0. The Kier molecular flexibility index (Phi) is 3.60. The molecule has 0 amide bonds. The summed E-state index contributed by atoms with van der Waals surface area (Å²) in [5, 5.41) is 20.2. The first-order chi connectivity index (χ1) is 6.86. The lowest BCUT2D eigenvalue weighted by Crippen LogP contribution is -2.25. The van der Waals surface area contributed by atoms with Crippen molar-refractivity contribution < 1.29 is 10.2 Å². The molecule has 0 bridgehead atoms. The van der Waals surface area contributed by atoms with Crippen LogP contribution >= 0.6 is 11.6 Å². The first-order valence-electron chi connectivity index (χ1n) is 4.78. The number of hydrogen-bond acceptors (Lipinski definition) is 3. The van der Waals surface area contributed by atoms with E-state index in [0.717, 1.165) is 0 Å². The summed E-state index contributed by atoms with van der Waals surface area (Å²) in [5.41, 5.74) is 7.34. The Morgan fingerprint density at radius 2 is 1.93 bits per heavy atom. The second-order valence-electron chi connectivity index (χ2n) is 3.87. The van der Waals surface area contributed by atoms with E-state index < -0.39 is 12.1 Å².